The van der Waals surface area contributed by atoms with Gasteiger partial charge in [0, 0.05) is 25.9 Å². The van der Waals surface area contributed by atoms with E-state index in [1.165, 1.54) is 0 Å². The van der Waals surface area contributed by atoms with Crippen LogP contribution in [0.2, 0.25) is 0 Å². The normalized spacial score (nSPS) is 17.4. The van der Waals surface area contributed by atoms with E-state index in [1.807, 2.05) is 37.3 Å². The molecule has 1 saturated heterocycles. The quantitative estimate of drug-likeness (QED) is 0.837. The zero-order chi connectivity index (χ0) is 17.9. The van der Waals surface area contributed by atoms with Gasteiger partial charge in [0.05, 0.1) is 6.54 Å². The molecule has 0 bridgehead atoms. The van der Waals surface area contributed by atoms with E-state index in [-0.39, 0.29) is 6.61 Å². The van der Waals surface area contributed by atoms with E-state index in [9.17, 15) is 9.90 Å². The Balaban J connectivity index is 1.66. The molecule has 134 valence electrons. The first-order chi connectivity index (χ1) is 12.0. The van der Waals surface area contributed by atoms with Crippen molar-refractivity contribution < 1.29 is 24.2 Å². The predicted octanol–water partition coefficient (Wildman–Crippen LogP) is 2.58. The molecule has 0 radical (unpaired) electrons. The van der Waals surface area contributed by atoms with Gasteiger partial charge in [-0.15, -0.1) is 0 Å². The molecule has 0 amide bonds. The van der Waals surface area contributed by atoms with Gasteiger partial charge in [-0.25, -0.2) is 4.79 Å². The Morgan fingerprint density at radius 1 is 1.20 bits per heavy atom. The summed E-state index contributed by atoms with van der Waals surface area (Å²) in [5.74, 6) is 1.01. The summed E-state index contributed by atoms with van der Waals surface area (Å²) in [5, 5.41) is 18.8. The van der Waals surface area contributed by atoms with Crippen LogP contribution in [-0.2, 0) is 17.9 Å². The number of furan rings is 1. The van der Waals surface area contributed by atoms with Crippen LogP contribution >= 0.6 is 0 Å². The number of aryl methyl sites for hydroxylation is 1. The number of nitrogens with zero attached hydrogens (tertiary/aromatic N) is 1. The van der Waals surface area contributed by atoms with Crippen LogP contribution in [0.3, 0.4) is 0 Å². The molecule has 25 heavy (non-hydrogen) atoms. The second-order valence-electron chi connectivity index (χ2n) is 6.47. The van der Waals surface area contributed by atoms with E-state index in [4.69, 9.17) is 14.3 Å². The molecule has 2 N–H and O–H groups in total. The van der Waals surface area contributed by atoms with Crippen LogP contribution in [0.4, 0.5) is 0 Å². The fourth-order valence-electron chi connectivity index (χ4n) is 3.13. The number of carbonyl (C=O) groups is 1. The van der Waals surface area contributed by atoms with Crippen LogP contribution in [0.15, 0.2) is 40.8 Å². The Hall–Kier alpha value is -2.31. The lowest BCUT2D eigenvalue weighted by Crippen LogP contribution is -2.53. The van der Waals surface area contributed by atoms with Crippen molar-refractivity contribution in [2.75, 3.05) is 13.1 Å². The lowest BCUT2D eigenvalue weighted by Gasteiger charge is -2.38. The minimum Gasteiger partial charge on any atom is -0.478 e. The number of carboxylic acid groups (broad SMARTS) is 1. The fourth-order valence-corrected chi connectivity index (χ4v) is 3.13. The van der Waals surface area contributed by atoms with E-state index in [0.717, 1.165) is 11.3 Å². The summed E-state index contributed by atoms with van der Waals surface area (Å²) in [4.78, 5) is 14.1. The maximum atomic E-state index is 11.9. The number of rotatable bonds is 6. The SMILES string of the molecule is Cc1ccccc1OC1(C(=O)O)CCN(Cc2ccc(CO)o2)CC1. The fraction of sp³-hybridized carbons (Fsp3) is 0.421. The number of hydrogen-bond donors (Lipinski definition) is 2. The summed E-state index contributed by atoms with van der Waals surface area (Å²) in [7, 11) is 0. The van der Waals surface area contributed by atoms with Gasteiger partial charge in [0.1, 0.15) is 23.9 Å². The number of aliphatic hydroxyl groups is 1. The van der Waals surface area contributed by atoms with Crippen molar-refractivity contribution in [3.05, 3.63) is 53.5 Å². The lowest BCUT2D eigenvalue weighted by atomic mass is 9.91. The lowest BCUT2D eigenvalue weighted by molar-refractivity contribution is -0.160. The first-order valence-electron chi connectivity index (χ1n) is 8.41. The molecule has 1 fully saturated rings. The second-order valence-corrected chi connectivity index (χ2v) is 6.47. The molecule has 2 heterocycles. The summed E-state index contributed by atoms with van der Waals surface area (Å²) in [6.07, 6.45) is 0.814. The van der Waals surface area contributed by atoms with E-state index < -0.39 is 11.6 Å². The van der Waals surface area contributed by atoms with Gasteiger partial charge in [-0.3, -0.25) is 4.90 Å². The van der Waals surface area contributed by atoms with Gasteiger partial charge in [0.2, 0.25) is 5.60 Å². The third-order valence-corrected chi connectivity index (χ3v) is 4.71. The van der Waals surface area contributed by atoms with Crippen molar-refractivity contribution in [2.45, 2.75) is 38.5 Å². The molecule has 3 rings (SSSR count). The summed E-state index contributed by atoms with van der Waals surface area (Å²) in [6.45, 7) is 3.60. The maximum absolute atomic E-state index is 11.9. The summed E-state index contributed by atoms with van der Waals surface area (Å²) < 4.78 is 11.5. The Labute approximate surface area is 146 Å². The molecular formula is C19H23NO5. The second kappa shape index (κ2) is 7.29. The van der Waals surface area contributed by atoms with Gasteiger partial charge in [-0.1, -0.05) is 18.2 Å². The molecular weight excluding hydrogens is 322 g/mol. The number of benzene rings is 1. The molecule has 0 spiro atoms. The third kappa shape index (κ3) is 3.86. The van der Waals surface area contributed by atoms with Gasteiger partial charge >= 0.3 is 5.97 Å². The molecule has 1 aromatic heterocycles. The average Bonchev–Trinajstić information content (AvgIpc) is 3.06. The van der Waals surface area contributed by atoms with E-state index in [1.54, 1.807) is 6.07 Å². The topological polar surface area (TPSA) is 83.1 Å². The number of ether oxygens (including phenoxy) is 1. The highest BCUT2D eigenvalue weighted by Gasteiger charge is 2.44. The number of aliphatic carboxylic acids is 1. The minimum absolute atomic E-state index is 0.119. The Bertz CT molecular complexity index is 731. The highest BCUT2D eigenvalue weighted by molar-refractivity contribution is 5.78. The molecule has 6 nitrogen and oxygen atoms in total. The Kier molecular flexibility index (Phi) is 5.11. The Morgan fingerprint density at radius 2 is 1.88 bits per heavy atom. The van der Waals surface area contributed by atoms with E-state index in [0.29, 0.717) is 44.0 Å². The Morgan fingerprint density at radius 3 is 2.48 bits per heavy atom. The van der Waals surface area contributed by atoms with Crippen LogP contribution in [0.25, 0.3) is 0 Å². The van der Waals surface area contributed by atoms with Crippen LogP contribution in [-0.4, -0.2) is 39.8 Å². The van der Waals surface area contributed by atoms with Gasteiger partial charge in [-0.05, 0) is 30.7 Å². The standard InChI is InChI=1S/C19H23NO5/c1-14-4-2-3-5-17(14)25-19(18(22)23)8-10-20(11-9-19)12-15-6-7-16(13-21)24-15/h2-7,21H,8-13H2,1H3,(H,22,23). The first-order valence-corrected chi connectivity index (χ1v) is 8.41. The molecule has 0 aliphatic carbocycles. The third-order valence-electron chi connectivity index (χ3n) is 4.71. The van der Waals surface area contributed by atoms with Gasteiger partial charge in [-0.2, -0.15) is 0 Å². The largest absolute Gasteiger partial charge is 0.478 e. The van der Waals surface area contributed by atoms with Crippen molar-refractivity contribution in [2.24, 2.45) is 0 Å². The smallest absolute Gasteiger partial charge is 0.348 e. The van der Waals surface area contributed by atoms with Crippen LogP contribution < -0.4 is 4.74 Å². The van der Waals surface area contributed by atoms with Gasteiger partial charge in [0.25, 0.3) is 0 Å². The zero-order valence-corrected chi connectivity index (χ0v) is 14.3. The van der Waals surface area contributed by atoms with Crippen molar-refractivity contribution in [1.29, 1.82) is 0 Å². The highest BCUT2D eigenvalue weighted by Crippen LogP contribution is 2.31. The molecule has 2 aromatic rings. The van der Waals surface area contributed by atoms with Crippen molar-refractivity contribution in [1.82, 2.24) is 4.90 Å². The number of aliphatic hydroxyl groups excluding tert-OH is 1. The van der Waals surface area contributed by atoms with Gasteiger partial charge < -0.3 is 19.4 Å². The van der Waals surface area contributed by atoms with Crippen LogP contribution in [0.1, 0.15) is 29.9 Å². The monoisotopic (exact) mass is 345 g/mol. The number of likely N-dealkylation sites (tertiary alicyclic amines) is 1. The highest BCUT2D eigenvalue weighted by atomic mass is 16.5. The number of hydrogen-bond acceptors (Lipinski definition) is 5. The number of para-hydroxylation sites is 1. The van der Waals surface area contributed by atoms with Crippen molar-refractivity contribution in [3.63, 3.8) is 0 Å². The predicted molar refractivity (Wildman–Crippen MR) is 91.3 cm³/mol. The van der Waals surface area contributed by atoms with E-state index >= 15 is 0 Å². The number of piperidine rings is 1. The maximum Gasteiger partial charge on any atom is 0.348 e. The summed E-state index contributed by atoms with van der Waals surface area (Å²) in [5.41, 5.74) is -0.264. The van der Waals surface area contributed by atoms with Crippen molar-refractivity contribution >= 4 is 5.97 Å². The summed E-state index contributed by atoms with van der Waals surface area (Å²) in [6, 6.07) is 11.1. The van der Waals surface area contributed by atoms with Crippen molar-refractivity contribution in [3.8, 4) is 5.75 Å². The van der Waals surface area contributed by atoms with Gasteiger partial charge in [0.15, 0.2) is 0 Å². The zero-order valence-electron chi connectivity index (χ0n) is 14.3. The molecule has 0 atom stereocenters. The molecule has 0 unspecified atom stereocenters. The van der Waals surface area contributed by atoms with Crippen LogP contribution in [0.5, 0.6) is 5.75 Å². The minimum atomic E-state index is -1.19. The molecule has 0 saturated carbocycles. The molecule has 1 aliphatic rings. The van der Waals surface area contributed by atoms with E-state index in [2.05, 4.69) is 4.90 Å². The summed E-state index contributed by atoms with van der Waals surface area (Å²) >= 11 is 0. The molecule has 1 aliphatic heterocycles. The average molecular weight is 345 g/mol. The first kappa shape index (κ1) is 17.5. The number of carboxylic acids is 1. The molecule has 1 aromatic carbocycles. The molecule has 6 heteroatoms. The van der Waals surface area contributed by atoms with Crippen LogP contribution in [0, 0.1) is 6.92 Å².